The summed E-state index contributed by atoms with van der Waals surface area (Å²) in [6.07, 6.45) is 3.16. The Morgan fingerprint density at radius 2 is 1.94 bits per heavy atom. The topological polar surface area (TPSA) is 38.1 Å². The first kappa shape index (κ1) is 11.5. The summed E-state index contributed by atoms with van der Waals surface area (Å²) in [5, 5.41) is 7.61. The molecular weight excluding hydrogens is 224 g/mol. The number of benzene rings is 1. The smallest absolute Gasteiger partial charge is 0.141 e. The molecule has 1 aliphatic rings. The second-order valence-corrected chi connectivity index (χ2v) is 4.90. The predicted molar refractivity (Wildman–Crippen MR) is 70.6 cm³/mol. The van der Waals surface area contributed by atoms with Crippen LogP contribution in [0.1, 0.15) is 35.8 Å². The molecule has 18 heavy (non-hydrogen) atoms. The van der Waals surface area contributed by atoms with E-state index in [9.17, 15) is 0 Å². The van der Waals surface area contributed by atoms with Gasteiger partial charge in [-0.05, 0) is 31.5 Å². The van der Waals surface area contributed by atoms with E-state index in [2.05, 4.69) is 40.8 Å². The maximum absolute atomic E-state index is 5.45. The van der Waals surface area contributed by atoms with Crippen molar-refractivity contribution < 1.29 is 4.52 Å². The van der Waals surface area contributed by atoms with Crippen LogP contribution < -0.4 is 5.32 Å². The van der Waals surface area contributed by atoms with E-state index in [0.29, 0.717) is 5.92 Å². The molecule has 0 saturated carbocycles. The van der Waals surface area contributed by atoms with E-state index < -0.39 is 0 Å². The fraction of sp³-hybridized carbons (Fsp3) is 0.400. The van der Waals surface area contributed by atoms with Gasteiger partial charge in [0.15, 0.2) is 0 Å². The van der Waals surface area contributed by atoms with Gasteiger partial charge in [0.2, 0.25) is 0 Å². The molecule has 1 N–H and O–H groups in total. The highest BCUT2D eigenvalue weighted by atomic mass is 16.5. The predicted octanol–water partition coefficient (Wildman–Crippen LogP) is 2.73. The minimum Gasteiger partial charge on any atom is -0.361 e. The monoisotopic (exact) mass is 242 g/mol. The molecule has 1 aromatic heterocycles. The zero-order chi connectivity index (χ0) is 12.2. The summed E-state index contributed by atoms with van der Waals surface area (Å²) < 4.78 is 5.45. The maximum atomic E-state index is 5.45. The summed E-state index contributed by atoms with van der Waals surface area (Å²) in [7, 11) is 0. The number of rotatable bonds is 3. The summed E-state index contributed by atoms with van der Waals surface area (Å²) in [6, 6.07) is 12.5. The normalized spacial score (nSPS) is 16.9. The van der Waals surface area contributed by atoms with Crippen LogP contribution in [-0.4, -0.2) is 18.2 Å². The van der Waals surface area contributed by atoms with Crippen molar-refractivity contribution in [1.29, 1.82) is 0 Å². The Kier molecular flexibility index (Phi) is 3.42. The van der Waals surface area contributed by atoms with Gasteiger partial charge in [0.05, 0.1) is 5.69 Å². The van der Waals surface area contributed by atoms with Gasteiger partial charge in [-0.1, -0.05) is 35.5 Å². The van der Waals surface area contributed by atoms with Crippen molar-refractivity contribution in [1.82, 2.24) is 10.5 Å². The quantitative estimate of drug-likeness (QED) is 0.899. The van der Waals surface area contributed by atoms with Gasteiger partial charge in [-0.15, -0.1) is 0 Å². The van der Waals surface area contributed by atoms with Crippen LogP contribution in [0.2, 0.25) is 0 Å². The van der Waals surface area contributed by atoms with Crippen LogP contribution in [-0.2, 0) is 6.42 Å². The van der Waals surface area contributed by atoms with Gasteiger partial charge in [0.1, 0.15) is 5.76 Å². The number of nitrogens with zero attached hydrogens (tertiary/aromatic N) is 1. The van der Waals surface area contributed by atoms with Crippen LogP contribution in [0.3, 0.4) is 0 Å². The molecular formula is C15H18N2O. The summed E-state index contributed by atoms with van der Waals surface area (Å²) in [5.74, 6) is 1.54. The molecule has 2 heterocycles. The van der Waals surface area contributed by atoms with Crippen LogP contribution in [0, 0.1) is 0 Å². The van der Waals surface area contributed by atoms with Gasteiger partial charge in [-0.2, -0.15) is 0 Å². The SMILES string of the molecule is c1ccc(Cc2cc(C3CCNCC3)no2)cc1. The van der Waals surface area contributed by atoms with E-state index in [0.717, 1.165) is 43.8 Å². The molecule has 3 heteroatoms. The molecule has 0 radical (unpaired) electrons. The lowest BCUT2D eigenvalue weighted by Crippen LogP contribution is -2.26. The first-order valence-electron chi connectivity index (χ1n) is 6.62. The molecule has 3 rings (SSSR count). The van der Waals surface area contributed by atoms with Gasteiger partial charge < -0.3 is 9.84 Å². The van der Waals surface area contributed by atoms with Crippen molar-refractivity contribution in [3.05, 3.63) is 53.4 Å². The second-order valence-electron chi connectivity index (χ2n) is 4.90. The van der Waals surface area contributed by atoms with Crippen LogP contribution in [0.5, 0.6) is 0 Å². The molecule has 3 nitrogen and oxygen atoms in total. The molecule has 0 unspecified atom stereocenters. The fourth-order valence-corrected chi connectivity index (χ4v) is 2.52. The third-order valence-corrected chi connectivity index (χ3v) is 3.56. The molecule has 1 aromatic carbocycles. The highest BCUT2D eigenvalue weighted by molar-refractivity contribution is 5.22. The Balaban J connectivity index is 1.69. The highest BCUT2D eigenvalue weighted by Crippen LogP contribution is 2.25. The van der Waals surface area contributed by atoms with E-state index in [1.54, 1.807) is 0 Å². The summed E-state index contributed by atoms with van der Waals surface area (Å²) in [4.78, 5) is 0. The minimum absolute atomic E-state index is 0.569. The van der Waals surface area contributed by atoms with E-state index in [-0.39, 0.29) is 0 Å². The molecule has 0 atom stereocenters. The number of aromatic nitrogens is 1. The van der Waals surface area contributed by atoms with Crippen molar-refractivity contribution in [2.45, 2.75) is 25.2 Å². The van der Waals surface area contributed by atoms with Crippen LogP contribution in [0.15, 0.2) is 40.9 Å². The van der Waals surface area contributed by atoms with Gasteiger partial charge in [-0.3, -0.25) is 0 Å². The average Bonchev–Trinajstić information content (AvgIpc) is 2.89. The number of piperidine rings is 1. The molecule has 0 spiro atoms. The van der Waals surface area contributed by atoms with Crippen molar-refractivity contribution >= 4 is 0 Å². The first-order valence-corrected chi connectivity index (χ1v) is 6.62. The molecule has 94 valence electrons. The standard InChI is InChI=1S/C15H18N2O/c1-2-4-12(5-3-1)10-14-11-15(17-18-14)13-6-8-16-9-7-13/h1-5,11,13,16H,6-10H2. The van der Waals surface area contributed by atoms with E-state index in [1.165, 1.54) is 5.56 Å². The second kappa shape index (κ2) is 5.36. The Hall–Kier alpha value is -1.61. The number of hydrogen-bond donors (Lipinski definition) is 1. The molecule has 1 aliphatic heterocycles. The molecule has 1 saturated heterocycles. The molecule has 1 fully saturated rings. The van der Waals surface area contributed by atoms with Gasteiger partial charge in [0.25, 0.3) is 0 Å². The summed E-state index contributed by atoms with van der Waals surface area (Å²) in [5.41, 5.74) is 2.40. The Morgan fingerprint density at radius 3 is 2.72 bits per heavy atom. The van der Waals surface area contributed by atoms with Crippen LogP contribution in [0.25, 0.3) is 0 Å². The Labute approximate surface area is 107 Å². The lowest BCUT2D eigenvalue weighted by molar-refractivity contribution is 0.366. The largest absolute Gasteiger partial charge is 0.361 e. The van der Waals surface area contributed by atoms with Crippen molar-refractivity contribution in [3.8, 4) is 0 Å². The van der Waals surface area contributed by atoms with E-state index >= 15 is 0 Å². The minimum atomic E-state index is 0.569. The maximum Gasteiger partial charge on any atom is 0.141 e. The number of hydrogen-bond acceptors (Lipinski definition) is 3. The van der Waals surface area contributed by atoms with Crippen molar-refractivity contribution in [3.63, 3.8) is 0 Å². The lowest BCUT2D eigenvalue weighted by atomic mass is 9.94. The molecule has 2 aromatic rings. The van der Waals surface area contributed by atoms with Crippen molar-refractivity contribution in [2.75, 3.05) is 13.1 Å². The molecule has 0 amide bonds. The van der Waals surface area contributed by atoms with Gasteiger partial charge in [0, 0.05) is 18.4 Å². The fourth-order valence-electron chi connectivity index (χ4n) is 2.52. The van der Waals surface area contributed by atoms with Crippen LogP contribution >= 0.6 is 0 Å². The third kappa shape index (κ3) is 2.62. The van der Waals surface area contributed by atoms with Crippen molar-refractivity contribution in [2.24, 2.45) is 0 Å². The summed E-state index contributed by atoms with van der Waals surface area (Å²) in [6.45, 7) is 2.18. The van der Waals surface area contributed by atoms with Gasteiger partial charge >= 0.3 is 0 Å². The third-order valence-electron chi connectivity index (χ3n) is 3.56. The Morgan fingerprint density at radius 1 is 1.17 bits per heavy atom. The van der Waals surface area contributed by atoms with Gasteiger partial charge in [-0.25, -0.2) is 0 Å². The zero-order valence-electron chi connectivity index (χ0n) is 10.4. The van der Waals surface area contributed by atoms with Crippen LogP contribution in [0.4, 0.5) is 0 Å². The lowest BCUT2D eigenvalue weighted by Gasteiger charge is -2.19. The molecule has 0 bridgehead atoms. The number of nitrogens with one attached hydrogen (secondary N) is 1. The highest BCUT2D eigenvalue weighted by Gasteiger charge is 2.18. The Bertz CT molecular complexity index is 486. The van der Waals surface area contributed by atoms with E-state index in [1.807, 2.05) is 6.07 Å². The zero-order valence-corrected chi connectivity index (χ0v) is 10.4. The summed E-state index contributed by atoms with van der Waals surface area (Å²) >= 11 is 0. The molecule has 0 aliphatic carbocycles. The first-order chi connectivity index (χ1) is 8.92. The van der Waals surface area contributed by atoms with E-state index in [4.69, 9.17) is 4.52 Å². The average molecular weight is 242 g/mol.